The van der Waals surface area contributed by atoms with Gasteiger partial charge in [0.05, 0.1) is 10.2 Å². The van der Waals surface area contributed by atoms with E-state index >= 15 is 0 Å². The molecule has 6 nitrogen and oxygen atoms in total. The number of aryl methyl sites for hydroxylation is 1. The molecule has 1 amide bonds. The Bertz CT molecular complexity index is 1120. The number of nitrogens with one attached hydrogen (secondary N) is 1. The quantitative estimate of drug-likeness (QED) is 0.429. The maximum absolute atomic E-state index is 12.4. The molecule has 0 saturated carbocycles. The minimum absolute atomic E-state index is 0.292. The van der Waals surface area contributed by atoms with Crippen LogP contribution >= 0.6 is 11.3 Å². The molecular formula is C23H20N2O4S. The Hall–Kier alpha value is -3.26. The number of amides is 1. The largest absolute Gasteiger partial charge is 0.457 e. The smallest absolute Gasteiger partial charge is 0.256 e. The lowest BCUT2D eigenvalue weighted by molar-refractivity contribution is -0.129. The summed E-state index contributed by atoms with van der Waals surface area (Å²) in [7, 11) is 0. The van der Waals surface area contributed by atoms with Crippen LogP contribution in [0.4, 0.5) is 5.69 Å². The first-order valence-electron chi connectivity index (χ1n) is 9.37. The summed E-state index contributed by atoms with van der Waals surface area (Å²) >= 11 is 1.24. The molecule has 0 radical (unpaired) electrons. The first-order valence-corrected chi connectivity index (χ1v) is 10.2. The van der Waals surface area contributed by atoms with Crippen molar-refractivity contribution in [1.82, 2.24) is 4.98 Å². The van der Waals surface area contributed by atoms with Crippen LogP contribution in [-0.4, -0.2) is 27.2 Å². The highest BCUT2D eigenvalue weighted by Gasteiger charge is 2.28. The number of para-hydroxylation sites is 1. The molecule has 0 aliphatic heterocycles. The number of fused-ring (bicyclic) bond motifs is 1. The second-order valence-electron chi connectivity index (χ2n) is 6.84. The van der Waals surface area contributed by atoms with Crippen molar-refractivity contribution in [3.8, 4) is 11.5 Å². The molecule has 2 atom stereocenters. The van der Waals surface area contributed by atoms with Crippen molar-refractivity contribution in [2.75, 3.05) is 5.32 Å². The van der Waals surface area contributed by atoms with Crippen LogP contribution in [0.3, 0.4) is 0 Å². The van der Waals surface area contributed by atoms with Crippen molar-refractivity contribution in [3.63, 3.8) is 0 Å². The van der Waals surface area contributed by atoms with Crippen LogP contribution in [0.5, 0.6) is 11.5 Å². The fourth-order valence-electron chi connectivity index (χ4n) is 2.86. The predicted molar refractivity (Wildman–Crippen MR) is 117 cm³/mol. The molecular weight excluding hydrogens is 400 g/mol. The summed E-state index contributed by atoms with van der Waals surface area (Å²) < 4.78 is 6.63. The van der Waals surface area contributed by atoms with E-state index in [1.807, 2.05) is 55.5 Å². The highest BCUT2D eigenvalue weighted by molar-refractivity contribution is 7.18. The lowest BCUT2D eigenvalue weighted by Crippen LogP contribution is -2.33. The van der Waals surface area contributed by atoms with Crippen LogP contribution in [0, 0.1) is 6.92 Å². The third-order valence-electron chi connectivity index (χ3n) is 4.51. The summed E-state index contributed by atoms with van der Waals surface area (Å²) in [6.07, 6.45) is -3.06. The second kappa shape index (κ2) is 8.62. The van der Waals surface area contributed by atoms with Gasteiger partial charge in [-0.05, 0) is 55.5 Å². The molecule has 3 N–H and O–H groups in total. The molecule has 4 rings (SSSR count). The van der Waals surface area contributed by atoms with Crippen LogP contribution in [-0.2, 0) is 4.79 Å². The molecule has 3 aromatic carbocycles. The molecule has 0 fully saturated rings. The Morgan fingerprint density at radius 3 is 2.27 bits per heavy atom. The number of carbonyl (C=O) groups excluding carboxylic acids is 1. The van der Waals surface area contributed by atoms with Gasteiger partial charge in [0.1, 0.15) is 22.6 Å². The monoisotopic (exact) mass is 420 g/mol. The van der Waals surface area contributed by atoms with E-state index in [0.717, 1.165) is 10.3 Å². The van der Waals surface area contributed by atoms with Gasteiger partial charge in [-0.15, -0.1) is 11.3 Å². The van der Waals surface area contributed by atoms with Crippen LogP contribution in [0.25, 0.3) is 10.2 Å². The van der Waals surface area contributed by atoms with E-state index in [1.54, 1.807) is 24.3 Å². The third-order valence-corrected chi connectivity index (χ3v) is 5.62. The molecule has 0 saturated heterocycles. The van der Waals surface area contributed by atoms with E-state index in [1.165, 1.54) is 11.3 Å². The molecule has 4 aromatic rings. The van der Waals surface area contributed by atoms with Gasteiger partial charge in [-0.3, -0.25) is 4.79 Å². The van der Waals surface area contributed by atoms with E-state index in [9.17, 15) is 15.0 Å². The molecule has 1 aromatic heterocycles. The molecule has 2 unspecified atom stereocenters. The maximum atomic E-state index is 12.4. The molecule has 30 heavy (non-hydrogen) atoms. The van der Waals surface area contributed by atoms with Crippen LogP contribution in [0.15, 0.2) is 72.8 Å². The van der Waals surface area contributed by atoms with E-state index in [0.29, 0.717) is 27.7 Å². The first kappa shape index (κ1) is 20.0. The lowest BCUT2D eigenvalue weighted by atomic mass is 10.2. The van der Waals surface area contributed by atoms with Gasteiger partial charge in [0.15, 0.2) is 6.10 Å². The Morgan fingerprint density at radius 1 is 0.967 bits per heavy atom. The van der Waals surface area contributed by atoms with Gasteiger partial charge in [-0.1, -0.05) is 29.8 Å². The molecule has 0 aliphatic carbocycles. The maximum Gasteiger partial charge on any atom is 0.256 e. The summed E-state index contributed by atoms with van der Waals surface area (Å²) in [6.45, 7) is 2.00. The first-order chi connectivity index (χ1) is 14.5. The van der Waals surface area contributed by atoms with E-state index < -0.39 is 18.1 Å². The fourth-order valence-corrected chi connectivity index (χ4v) is 3.84. The number of aliphatic hydroxyl groups excluding tert-OH is 2. The number of nitrogens with zero attached hydrogens (tertiary/aromatic N) is 1. The molecule has 0 aliphatic rings. The standard InChI is InChI=1S/C23H20N2O4S/c1-14-6-10-16(11-7-14)29-17-12-8-15(9-13-17)24-22(28)20(26)21(27)23-25-18-4-2-3-5-19(18)30-23/h2-13,20-21,26-27H,1H3,(H,24,28). The van der Waals surface area contributed by atoms with Gasteiger partial charge in [-0.25, -0.2) is 4.98 Å². The summed E-state index contributed by atoms with van der Waals surface area (Å²) in [6, 6.07) is 21.8. The molecule has 1 heterocycles. The van der Waals surface area contributed by atoms with Crippen molar-refractivity contribution < 1.29 is 19.7 Å². The summed E-state index contributed by atoms with van der Waals surface area (Å²) in [4.78, 5) is 16.7. The van der Waals surface area contributed by atoms with Crippen molar-refractivity contribution in [3.05, 3.63) is 83.4 Å². The Labute approximate surface area is 177 Å². The van der Waals surface area contributed by atoms with Gasteiger partial charge in [0.25, 0.3) is 5.91 Å². The number of ether oxygens (including phenoxy) is 1. The number of hydrogen-bond donors (Lipinski definition) is 3. The number of hydrogen-bond acceptors (Lipinski definition) is 6. The predicted octanol–water partition coefficient (Wildman–Crippen LogP) is 4.43. The van der Waals surface area contributed by atoms with E-state index in [2.05, 4.69) is 10.3 Å². The van der Waals surface area contributed by atoms with Crippen LogP contribution < -0.4 is 10.1 Å². The average Bonchev–Trinajstić information content (AvgIpc) is 3.20. The minimum Gasteiger partial charge on any atom is -0.457 e. The van der Waals surface area contributed by atoms with Gasteiger partial charge < -0.3 is 20.3 Å². The highest BCUT2D eigenvalue weighted by atomic mass is 32.1. The lowest BCUT2D eigenvalue weighted by Gasteiger charge is -2.15. The third kappa shape index (κ3) is 4.49. The number of aromatic nitrogens is 1. The van der Waals surface area contributed by atoms with E-state index in [-0.39, 0.29) is 0 Å². The van der Waals surface area contributed by atoms with Crippen molar-refractivity contribution in [1.29, 1.82) is 0 Å². The molecule has 0 spiro atoms. The van der Waals surface area contributed by atoms with Crippen LogP contribution in [0.2, 0.25) is 0 Å². The van der Waals surface area contributed by atoms with Crippen LogP contribution in [0.1, 0.15) is 16.7 Å². The topological polar surface area (TPSA) is 91.7 Å². The Kier molecular flexibility index (Phi) is 5.76. The minimum atomic E-state index is -1.64. The van der Waals surface area contributed by atoms with Crippen molar-refractivity contribution in [2.45, 2.75) is 19.1 Å². The molecule has 152 valence electrons. The summed E-state index contributed by atoms with van der Waals surface area (Å²) in [5, 5.41) is 23.6. The van der Waals surface area contributed by atoms with Crippen molar-refractivity contribution >= 4 is 33.1 Å². The zero-order valence-corrected chi connectivity index (χ0v) is 17.0. The number of carbonyl (C=O) groups is 1. The SMILES string of the molecule is Cc1ccc(Oc2ccc(NC(=O)C(O)C(O)c3nc4ccccc4s3)cc2)cc1. The summed E-state index contributed by atoms with van der Waals surface area (Å²) in [5.41, 5.74) is 2.34. The molecule has 7 heteroatoms. The zero-order valence-electron chi connectivity index (χ0n) is 16.1. The Morgan fingerprint density at radius 2 is 1.60 bits per heavy atom. The van der Waals surface area contributed by atoms with Gasteiger partial charge in [0, 0.05) is 5.69 Å². The van der Waals surface area contributed by atoms with E-state index in [4.69, 9.17) is 4.74 Å². The summed E-state index contributed by atoms with van der Waals surface area (Å²) in [5.74, 6) is 0.618. The molecule has 0 bridgehead atoms. The normalized spacial score (nSPS) is 13.0. The number of rotatable bonds is 6. The number of aliphatic hydroxyl groups is 2. The Balaban J connectivity index is 1.39. The van der Waals surface area contributed by atoms with Gasteiger partial charge >= 0.3 is 0 Å². The number of anilines is 1. The van der Waals surface area contributed by atoms with Crippen molar-refractivity contribution in [2.24, 2.45) is 0 Å². The average molecular weight is 420 g/mol. The number of benzene rings is 3. The second-order valence-corrected chi connectivity index (χ2v) is 7.90. The highest BCUT2D eigenvalue weighted by Crippen LogP contribution is 2.29. The van der Waals surface area contributed by atoms with Gasteiger partial charge in [0.2, 0.25) is 0 Å². The number of thiazole rings is 1. The zero-order chi connectivity index (χ0) is 21.1. The van der Waals surface area contributed by atoms with Gasteiger partial charge in [-0.2, -0.15) is 0 Å². The fraction of sp³-hybridized carbons (Fsp3) is 0.130.